The summed E-state index contributed by atoms with van der Waals surface area (Å²) in [6, 6.07) is 29.0. The maximum absolute atomic E-state index is 13.9. The average molecular weight is 499 g/mol. The minimum atomic E-state index is -0.614. The Morgan fingerprint density at radius 1 is 0.848 bits per heavy atom. The number of hydrogen-bond acceptors (Lipinski definition) is 4. The molecule has 0 bridgehead atoms. The van der Waals surface area contributed by atoms with Crippen molar-refractivity contribution in [3.8, 4) is 0 Å². The monoisotopic (exact) mass is 498 g/mol. The third kappa shape index (κ3) is 4.01. The fourth-order valence-corrected chi connectivity index (χ4v) is 4.27. The summed E-state index contributed by atoms with van der Waals surface area (Å²) in [5, 5.41) is 3.22. The molecule has 1 aliphatic rings. The Labute approximate surface area is 199 Å². The molecule has 1 N–H and O–H groups in total. The standard InChI is InChI=1S/C27H19BrN2O3/c28-19-13-15-20(16-14-19)29-24-23(26(31)22-12-7-17-33-22)25(18-8-3-1-4-9-18)30(27(24)32)21-10-5-2-6-11-21/h1-17,25,29H/t25-/m1/s1. The first-order chi connectivity index (χ1) is 16.1. The largest absolute Gasteiger partial charge is 0.461 e. The maximum Gasteiger partial charge on any atom is 0.276 e. The molecule has 3 aromatic carbocycles. The molecule has 0 saturated carbocycles. The Bertz CT molecular complexity index is 1320. The van der Waals surface area contributed by atoms with Gasteiger partial charge in [0.05, 0.1) is 17.9 Å². The number of furan rings is 1. The van der Waals surface area contributed by atoms with Gasteiger partial charge in [0.2, 0.25) is 5.78 Å². The summed E-state index contributed by atoms with van der Waals surface area (Å²) in [6.45, 7) is 0. The first-order valence-electron chi connectivity index (χ1n) is 10.4. The number of amides is 1. The van der Waals surface area contributed by atoms with Crippen molar-refractivity contribution in [1.82, 2.24) is 0 Å². The Balaban J connectivity index is 1.71. The van der Waals surface area contributed by atoms with Gasteiger partial charge in [-0.25, -0.2) is 0 Å². The number of benzene rings is 3. The number of carbonyl (C=O) groups is 2. The second-order valence-electron chi connectivity index (χ2n) is 7.55. The van der Waals surface area contributed by atoms with Gasteiger partial charge in [0.25, 0.3) is 5.91 Å². The first kappa shape index (κ1) is 21.0. The van der Waals surface area contributed by atoms with Crippen LogP contribution in [0.4, 0.5) is 11.4 Å². The molecule has 5 rings (SSSR count). The molecule has 33 heavy (non-hydrogen) atoms. The van der Waals surface area contributed by atoms with Crippen LogP contribution in [-0.4, -0.2) is 11.7 Å². The summed E-state index contributed by atoms with van der Waals surface area (Å²) in [7, 11) is 0. The van der Waals surface area contributed by atoms with Crippen molar-refractivity contribution in [2.75, 3.05) is 10.2 Å². The zero-order chi connectivity index (χ0) is 22.8. The van der Waals surface area contributed by atoms with Crippen LogP contribution in [0.2, 0.25) is 0 Å². The molecule has 0 unspecified atom stereocenters. The second-order valence-corrected chi connectivity index (χ2v) is 8.47. The zero-order valence-corrected chi connectivity index (χ0v) is 19.0. The van der Waals surface area contributed by atoms with E-state index in [9.17, 15) is 9.59 Å². The smallest absolute Gasteiger partial charge is 0.276 e. The van der Waals surface area contributed by atoms with Crippen molar-refractivity contribution in [3.63, 3.8) is 0 Å². The Hall–Kier alpha value is -3.90. The van der Waals surface area contributed by atoms with E-state index in [-0.39, 0.29) is 23.1 Å². The van der Waals surface area contributed by atoms with Gasteiger partial charge in [-0.1, -0.05) is 64.5 Å². The van der Waals surface area contributed by atoms with Gasteiger partial charge in [0, 0.05) is 15.8 Å². The molecule has 1 aromatic heterocycles. The third-order valence-electron chi connectivity index (χ3n) is 5.49. The normalized spacial score (nSPS) is 15.7. The second kappa shape index (κ2) is 8.92. The van der Waals surface area contributed by atoms with E-state index in [1.54, 1.807) is 17.0 Å². The molecule has 5 nitrogen and oxygen atoms in total. The molecule has 6 heteroatoms. The lowest BCUT2D eigenvalue weighted by Crippen LogP contribution is -2.31. The molecule has 4 aromatic rings. The Morgan fingerprint density at radius 3 is 2.15 bits per heavy atom. The predicted molar refractivity (Wildman–Crippen MR) is 131 cm³/mol. The molecule has 2 heterocycles. The summed E-state index contributed by atoms with van der Waals surface area (Å²) < 4.78 is 6.35. The lowest BCUT2D eigenvalue weighted by molar-refractivity contribution is -0.114. The number of para-hydroxylation sites is 1. The van der Waals surface area contributed by atoms with E-state index < -0.39 is 6.04 Å². The summed E-state index contributed by atoms with van der Waals surface area (Å²) in [5.74, 6) is -0.433. The molecule has 1 amide bonds. The molecule has 0 saturated heterocycles. The van der Waals surface area contributed by atoms with Crippen molar-refractivity contribution < 1.29 is 14.0 Å². The lowest BCUT2D eigenvalue weighted by Gasteiger charge is -2.27. The number of nitrogens with one attached hydrogen (secondary N) is 1. The minimum absolute atomic E-state index is 0.184. The van der Waals surface area contributed by atoms with Gasteiger partial charge >= 0.3 is 0 Å². The average Bonchev–Trinajstić information content (AvgIpc) is 3.49. The number of anilines is 2. The van der Waals surface area contributed by atoms with E-state index in [1.807, 2.05) is 84.9 Å². The molecule has 0 spiro atoms. The number of rotatable bonds is 6. The lowest BCUT2D eigenvalue weighted by atomic mass is 9.94. The minimum Gasteiger partial charge on any atom is -0.461 e. The number of nitrogens with zero attached hydrogens (tertiary/aromatic N) is 1. The van der Waals surface area contributed by atoms with E-state index in [4.69, 9.17) is 4.42 Å². The van der Waals surface area contributed by atoms with Gasteiger partial charge in [0.15, 0.2) is 5.76 Å². The quantitative estimate of drug-likeness (QED) is 0.313. The van der Waals surface area contributed by atoms with Crippen LogP contribution in [0, 0.1) is 0 Å². The SMILES string of the molecule is O=C(C1=C(Nc2ccc(Br)cc2)C(=O)N(c2ccccc2)[C@@H]1c1ccccc1)c1ccco1. The summed E-state index contributed by atoms with van der Waals surface area (Å²) in [6.07, 6.45) is 1.46. The molecule has 1 aliphatic heterocycles. The van der Waals surface area contributed by atoms with Crippen molar-refractivity contribution in [1.29, 1.82) is 0 Å². The molecule has 1 atom stereocenters. The van der Waals surface area contributed by atoms with Gasteiger partial charge in [-0.3, -0.25) is 14.5 Å². The molecule has 0 fully saturated rings. The van der Waals surface area contributed by atoms with Crippen LogP contribution < -0.4 is 10.2 Å². The van der Waals surface area contributed by atoms with Gasteiger partial charge in [-0.15, -0.1) is 0 Å². The number of hydrogen-bond donors (Lipinski definition) is 1. The summed E-state index contributed by atoms with van der Waals surface area (Å²) in [5.41, 5.74) is 2.81. The number of carbonyl (C=O) groups excluding carboxylic acids is 2. The summed E-state index contributed by atoms with van der Waals surface area (Å²) in [4.78, 5) is 29.2. The Morgan fingerprint density at radius 2 is 1.52 bits per heavy atom. The highest BCUT2D eigenvalue weighted by atomic mass is 79.9. The van der Waals surface area contributed by atoms with Crippen LogP contribution in [-0.2, 0) is 4.79 Å². The third-order valence-corrected chi connectivity index (χ3v) is 6.02. The van der Waals surface area contributed by atoms with Gasteiger partial charge in [0.1, 0.15) is 5.70 Å². The van der Waals surface area contributed by atoms with E-state index in [1.165, 1.54) is 6.26 Å². The van der Waals surface area contributed by atoms with Crippen molar-refractivity contribution in [2.24, 2.45) is 0 Å². The maximum atomic E-state index is 13.9. The van der Waals surface area contributed by atoms with Gasteiger partial charge in [-0.05, 0) is 54.1 Å². The van der Waals surface area contributed by atoms with Crippen molar-refractivity contribution >= 4 is 39.0 Å². The molecule has 0 aliphatic carbocycles. The van der Waals surface area contributed by atoms with Crippen LogP contribution in [0.25, 0.3) is 0 Å². The van der Waals surface area contributed by atoms with Crippen LogP contribution in [0.15, 0.2) is 123 Å². The Kier molecular flexibility index (Phi) is 5.67. The number of Topliss-reactive ketones (excluding diaryl/α,β-unsaturated/α-hetero) is 1. The van der Waals surface area contributed by atoms with Crippen LogP contribution >= 0.6 is 15.9 Å². The number of ketones is 1. The topological polar surface area (TPSA) is 62.6 Å². The highest BCUT2D eigenvalue weighted by Crippen LogP contribution is 2.42. The van der Waals surface area contributed by atoms with Crippen LogP contribution in [0.3, 0.4) is 0 Å². The van der Waals surface area contributed by atoms with Gasteiger partial charge in [-0.2, -0.15) is 0 Å². The van der Waals surface area contributed by atoms with E-state index in [0.29, 0.717) is 16.9 Å². The predicted octanol–water partition coefficient (Wildman–Crippen LogP) is 6.38. The van der Waals surface area contributed by atoms with Crippen LogP contribution in [0.1, 0.15) is 22.2 Å². The zero-order valence-electron chi connectivity index (χ0n) is 17.4. The summed E-state index contributed by atoms with van der Waals surface area (Å²) >= 11 is 3.43. The fourth-order valence-electron chi connectivity index (χ4n) is 4.00. The molecule has 162 valence electrons. The van der Waals surface area contributed by atoms with Crippen molar-refractivity contribution in [2.45, 2.75) is 6.04 Å². The fraction of sp³-hybridized carbons (Fsp3) is 0.0370. The van der Waals surface area contributed by atoms with Crippen molar-refractivity contribution in [3.05, 3.63) is 130 Å². The molecular weight excluding hydrogens is 480 g/mol. The van der Waals surface area contributed by atoms with Crippen LogP contribution in [0.5, 0.6) is 0 Å². The highest BCUT2D eigenvalue weighted by molar-refractivity contribution is 9.10. The highest BCUT2D eigenvalue weighted by Gasteiger charge is 2.45. The first-order valence-corrected chi connectivity index (χ1v) is 11.2. The molecule has 0 radical (unpaired) electrons. The number of halogens is 1. The van der Waals surface area contributed by atoms with Gasteiger partial charge < -0.3 is 9.73 Å². The van der Waals surface area contributed by atoms with E-state index >= 15 is 0 Å². The van der Waals surface area contributed by atoms with E-state index in [2.05, 4.69) is 21.2 Å². The van der Waals surface area contributed by atoms with E-state index in [0.717, 1.165) is 10.0 Å². The molecular formula is C27H19BrN2O3.